The SMILES string of the molecule is O=C(OO)c1ccccc1C=C(c1ccccc1)c1ccccc1. The maximum atomic E-state index is 11.8. The molecule has 24 heavy (non-hydrogen) atoms. The molecule has 3 rings (SSSR count). The Bertz CT molecular complexity index is 811. The first-order chi connectivity index (χ1) is 11.8. The van der Waals surface area contributed by atoms with E-state index in [2.05, 4.69) is 4.89 Å². The Balaban J connectivity index is 2.17. The Kier molecular flexibility index (Phi) is 4.84. The monoisotopic (exact) mass is 316 g/mol. The van der Waals surface area contributed by atoms with E-state index in [1.165, 1.54) is 0 Å². The molecule has 0 aromatic heterocycles. The molecule has 0 atom stereocenters. The van der Waals surface area contributed by atoms with E-state index in [-0.39, 0.29) is 0 Å². The van der Waals surface area contributed by atoms with E-state index in [9.17, 15) is 4.79 Å². The van der Waals surface area contributed by atoms with Gasteiger partial charge in [-0.3, -0.25) is 4.89 Å². The summed E-state index contributed by atoms with van der Waals surface area (Å²) in [5, 5.41) is 8.71. The number of rotatable bonds is 4. The van der Waals surface area contributed by atoms with Crippen molar-refractivity contribution in [2.24, 2.45) is 0 Å². The van der Waals surface area contributed by atoms with Gasteiger partial charge in [0.05, 0.1) is 5.56 Å². The van der Waals surface area contributed by atoms with E-state index in [1.54, 1.807) is 12.1 Å². The summed E-state index contributed by atoms with van der Waals surface area (Å²) >= 11 is 0. The van der Waals surface area contributed by atoms with Crippen molar-refractivity contribution in [2.75, 3.05) is 0 Å². The molecule has 0 heterocycles. The molecule has 3 aromatic rings. The molecule has 0 aliphatic carbocycles. The van der Waals surface area contributed by atoms with Gasteiger partial charge in [-0.05, 0) is 34.4 Å². The molecule has 0 aliphatic rings. The highest BCUT2D eigenvalue weighted by Gasteiger charge is 2.12. The van der Waals surface area contributed by atoms with Gasteiger partial charge in [-0.25, -0.2) is 4.79 Å². The minimum absolute atomic E-state index is 0.310. The van der Waals surface area contributed by atoms with Gasteiger partial charge < -0.3 is 0 Å². The molecule has 0 bridgehead atoms. The van der Waals surface area contributed by atoms with E-state index in [1.807, 2.05) is 78.9 Å². The van der Waals surface area contributed by atoms with Crippen LogP contribution in [0.2, 0.25) is 0 Å². The molecular formula is C21H16O3. The standard InChI is InChI=1S/C21H16O3/c22-21(24-23)19-14-8-7-13-18(19)15-20(16-9-3-1-4-10-16)17-11-5-2-6-12-17/h1-15,23H. The van der Waals surface area contributed by atoms with Gasteiger partial charge in [0.15, 0.2) is 0 Å². The zero-order valence-electron chi connectivity index (χ0n) is 12.9. The van der Waals surface area contributed by atoms with Crippen LogP contribution in [0.15, 0.2) is 84.9 Å². The summed E-state index contributed by atoms with van der Waals surface area (Å²) in [6.45, 7) is 0. The summed E-state index contributed by atoms with van der Waals surface area (Å²) in [6, 6.07) is 26.9. The third kappa shape index (κ3) is 3.42. The zero-order chi connectivity index (χ0) is 16.8. The van der Waals surface area contributed by atoms with Gasteiger partial charge in [-0.1, -0.05) is 78.9 Å². The van der Waals surface area contributed by atoms with Crippen LogP contribution in [0.4, 0.5) is 0 Å². The third-order valence-electron chi connectivity index (χ3n) is 3.73. The Hall–Kier alpha value is -3.17. The molecule has 1 N–H and O–H groups in total. The molecular weight excluding hydrogens is 300 g/mol. The van der Waals surface area contributed by atoms with Crippen LogP contribution in [0.5, 0.6) is 0 Å². The van der Waals surface area contributed by atoms with Gasteiger partial charge in [0, 0.05) is 0 Å². The van der Waals surface area contributed by atoms with Gasteiger partial charge in [0.2, 0.25) is 0 Å². The average Bonchev–Trinajstić information content (AvgIpc) is 2.67. The first-order valence-electron chi connectivity index (χ1n) is 7.57. The second-order valence-corrected chi connectivity index (χ2v) is 5.26. The quantitative estimate of drug-likeness (QED) is 0.423. The van der Waals surface area contributed by atoms with Crippen LogP contribution in [0.3, 0.4) is 0 Å². The summed E-state index contributed by atoms with van der Waals surface area (Å²) in [5.74, 6) is -0.776. The highest BCUT2D eigenvalue weighted by Crippen LogP contribution is 2.27. The van der Waals surface area contributed by atoms with Gasteiger partial charge in [0.25, 0.3) is 0 Å². The predicted molar refractivity (Wildman–Crippen MR) is 94.3 cm³/mol. The van der Waals surface area contributed by atoms with Crippen molar-refractivity contribution in [3.05, 3.63) is 107 Å². The lowest BCUT2D eigenvalue weighted by molar-refractivity contribution is -0.182. The summed E-state index contributed by atoms with van der Waals surface area (Å²) < 4.78 is 0. The zero-order valence-corrected chi connectivity index (χ0v) is 12.9. The predicted octanol–water partition coefficient (Wildman–Crippen LogP) is 4.91. The van der Waals surface area contributed by atoms with Crippen molar-refractivity contribution in [3.63, 3.8) is 0 Å². The molecule has 118 valence electrons. The van der Waals surface area contributed by atoms with Gasteiger partial charge in [0.1, 0.15) is 0 Å². The normalized spacial score (nSPS) is 10.0. The topological polar surface area (TPSA) is 46.5 Å². The minimum atomic E-state index is -0.776. The smallest absolute Gasteiger partial charge is 0.295 e. The molecule has 3 heteroatoms. The van der Waals surface area contributed by atoms with E-state index in [0.29, 0.717) is 11.1 Å². The summed E-state index contributed by atoms with van der Waals surface area (Å²) in [5.41, 5.74) is 4.05. The lowest BCUT2D eigenvalue weighted by Gasteiger charge is -2.10. The van der Waals surface area contributed by atoms with Crippen LogP contribution in [-0.2, 0) is 4.89 Å². The van der Waals surface area contributed by atoms with Gasteiger partial charge >= 0.3 is 5.97 Å². The molecule has 0 radical (unpaired) electrons. The lowest BCUT2D eigenvalue weighted by atomic mass is 9.94. The van der Waals surface area contributed by atoms with Crippen molar-refractivity contribution in [1.82, 2.24) is 0 Å². The first-order valence-corrected chi connectivity index (χ1v) is 7.57. The maximum Gasteiger partial charge on any atom is 0.373 e. The Morgan fingerprint density at radius 3 is 1.79 bits per heavy atom. The summed E-state index contributed by atoms with van der Waals surface area (Å²) in [6.07, 6.45) is 1.93. The number of carbonyl (C=O) groups is 1. The number of benzene rings is 3. The minimum Gasteiger partial charge on any atom is -0.295 e. The molecule has 3 aromatic carbocycles. The van der Waals surface area contributed by atoms with E-state index < -0.39 is 5.97 Å². The highest BCUT2D eigenvalue weighted by molar-refractivity contribution is 5.98. The van der Waals surface area contributed by atoms with Crippen LogP contribution >= 0.6 is 0 Å². The number of hydrogen-bond donors (Lipinski definition) is 1. The third-order valence-corrected chi connectivity index (χ3v) is 3.73. The first kappa shape index (κ1) is 15.7. The fourth-order valence-electron chi connectivity index (χ4n) is 2.58. The molecule has 0 aliphatic heterocycles. The second kappa shape index (κ2) is 7.40. The van der Waals surface area contributed by atoms with Gasteiger partial charge in [-0.15, -0.1) is 0 Å². The lowest BCUT2D eigenvalue weighted by Crippen LogP contribution is -2.04. The molecule has 0 saturated carbocycles. The van der Waals surface area contributed by atoms with Crippen LogP contribution < -0.4 is 0 Å². The highest BCUT2D eigenvalue weighted by atomic mass is 17.1. The van der Waals surface area contributed by atoms with E-state index >= 15 is 0 Å². The maximum absolute atomic E-state index is 11.8. The van der Waals surface area contributed by atoms with Crippen molar-refractivity contribution < 1.29 is 14.9 Å². The van der Waals surface area contributed by atoms with Crippen LogP contribution in [0, 0.1) is 0 Å². The molecule has 0 amide bonds. The van der Waals surface area contributed by atoms with Crippen molar-refractivity contribution in [2.45, 2.75) is 0 Å². The summed E-state index contributed by atoms with van der Waals surface area (Å²) in [4.78, 5) is 15.7. The van der Waals surface area contributed by atoms with Crippen LogP contribution in [-0.4, -0.2) is 11.2 Å². The van der Waals surface area contributed by atoms with Crippen LogP contribution in [0.25, 0.3) is 11.6 Å². The molecule has 0 unspecified atom stereocenters. The van der Waals surface area contributed by atoms with Crippen LogP contribution in [0.1, 0.15) is 27.0 Å². The molecule has 0 spiro atoms. The fraction of sp³-hybridized carbons (Fsp3) is 0. The van der Waals surface area contributed by atoms with Crippen molar-refractivity contribution in [1.29, 1.82) is 0 Å². The number of hydrogen-bond acceptors (Lipinski definition) is 3. The Morgan fingerprint density at radius 2 is 1.25 bits per heavy atom. The molecule has 0 saturated heterocycles. The largest absolute Gasteiger partial charge is 0.373 e. The average molecular weight is 316 g/mol. The number of carbonyl (C=O) groups excluding carboxylic acids is 1. The summed E-state index contributed by atoms with van der Waals surface area (Å²) in [7, 11) is 0. The van der Waals surface area contributed by atoms with E-state index in [0.717, 1.165) is 16.7 Å². The molecule has 0 fully saturated rings. The van der Waals surface area contributed by atoms with Crippen molar-refractivity contribution >= 4 is 17.6 Å². The Labute approximate surface area is 140 Å². The van der Waals surface area contributed by atoms with E-state index in [4.69, 9.17) is 5.26 Å². The Morgan fingerprint density at radius 1 is 0.750 bits per heavy atom. The fourth-order valence-corrected chi connectivity index (χ4v) is 2.58. The second-order valence-electron chi connectivity index (χ2n) is 5.26. The van der Waals surface area contributed by atoms with Gasteiger partial charge in [-0.2, -0.15) is 5.26 Å². The molecule has 3 nitrogen and oxygen atoms in total. The van der Waals surface area contributed by atoms with Crippen molar-refractivity contribution in [3.8, 4) is 0 Å².